The van der Waals surface area contributed by atoms with Crippen LogP contribution in [0, 0.1) is 11.8 Å². The number of urea groups is 2. The van der Waals surface area contributed by atoms with E-state index in [1.807, 2.05) is 0 Å². The van der Waals surface area contributed by atoms with Gasteiger partial charge in [-0.25, -0.2) is 26.4 Å². The van der Waals surface area contributed by atoms with Gasteiger partial charge in [0.2, 0.25) is 0 Å². The van der Waals surface area contributed by atoms with Crippen molar-refractivity contribution in [2.24, 2.45) is 11.8 Å². The number of sulfonamides is 2. The number of benzene rings is 2. The molecule has 2 fully saturated rings. The smallest absolute Gasteiger partial charge is 0.330 e. The fourth-order valence-corrected chi connectivity index (χ4v) is 7.53. The summed E-state index contributed by atoms with van der Waals surface area (Å²) in [5, 5.41) is 5.70. The van der Waals surface area contributed by atoms with Gasteiger partial charge in [-0.05, 0) is 118 Å². The highest BCUT2D eigenvalue weighted by molar-refractivity contribution is 7.89. The normalized spacial score (nSPS) is 22.1. The highest BCUT2D eigenvalue weighted by Gasteiger charge is 2.28. The zero-order valence-electron chi connectivity index (χ0n) is 25.4. The van der Waals surface area contributed by atoms with Gasteiger partial charge in [0.15, 0.2) is 0 Å². The molecule has 0 bridgehead atoms. The summed E-state index contributed by atoms with van der Waals surface area (Å²) in [5.74, 6) is 2.14. The zero-order chi connectivity index (χ0) is 32.5. The van der Waals surface area contributed by atoms with Crippen LogP contribution in [0.2, 0.25) is 0 Å². The van der Waals surface area contributed by atoms with Crippen LogP contribution < -0.4 is 40.6 Å². The van der Waals surface area contributed by atoms with E-state index in [1.54, 1.807) is 0 Å². The molecule has 2 saturated carbocycles. The van der Waals surface area contributed by atoms with Crippen molar-refractivity contribution in [2.45, 2.75) is 79.7 Å². The van der Waals surface area contributed by atoms with Gasteiger partial charge in [-0.3, -0.25) is 10.9 Å². The van der Waals surface area contributed by atoms with Gasteiger partial charge >= 0.3 is 12.1 Å². The topological polar surface area (TPSA) is 193 Å². The number of methoxy groups -OCH3 is 2. The van der Waals surface area contributed by atoms with Crippen molar-refractivity contribution in [3.63, 3.8) is 0 Å². The first-order chi connectivity index (χ1) is 21.5. The van der Waals surface area contributed by atoms with Gasteiger partial charge in [-0.15, -0.1) is 9.66 Å². The summed E-state index contributed by atoms with van der Waals surface area (Å²) in [6.07, 6.45) is 8.21. The molecule has 45 heavy (non-hydrogen) atoms. The van der Waals surface area contributed by atoms with E-state index in [4.69, 9.17) is 9.47 Å². The molecular formula is C29H42N6O8S2. The fourth-order valence-electron chi connectivity index (χ4n) is 5.85. The Hall–Kier alpha value is -3.60. The number of carbonyl (C=O) groups excluding carboxylic acids is 2. The van der Waals surface area contributed by atoms with Crippen LogP contribution in [0.15, 0.2) is 58.3 Å². The van der Waals surface area contributed by atoms with Gasteiger partial charge in [0.1, 0.15) is 11.5 Å². The van der Waals surface area contributed by atoms with Crippen LogP contribution in [0.3, 0.4) is 0 Å². The predicted molar refractivity (Wildman–Crippen MR) is 166 cm³/mol. The summed E-state index contributed by atoms with van der Waals surface area (Å²) in [5.41, 5.74) is 4.45. The number of hydrazine groups is 2. The van der Waals surface area contributed by atoms with E-state index >= 15 is 0 Å². The second-order valence-corrected chi connectivity index (χ2v) is 14.8. The van der Waals surface area contributed by atoms with Gasteiger partial charge in [0, 0.05) is 12.1 Å². The maximum Gasteiger partial charge on any atom is 0.330 e. The predicted octanol–water partition coefficient (Wildman–Crippen LogP) is 2.90. The Balaban J connectivity index is 1.09. The van der Waals surface area contributed by atoms with Crippen molar-refractivity contribution >= 4 is 32.1 Å². The standard InChI is InChI=1S/C29H42N6O8S2/c1-42-24-11-15-26(16-12-24)44(38,39)34-32-28(36)30-22-7-3-20(4-8-22)19-21-5-9-23(10-6-21)31-29(37)33-35-45(40,41)27-17-13-25(43-2)14-18-27/h11-18,20-23,34-35H,3-10,19H2,1-2H3,(H2,30,32,36)(H2,31,33,37). The first kappa shape index (κ1) is 34.3. The summed E-state index contributed by atoms with van der Waals surface area (Å²) >= 11 is 0. The molecule has 0 heterocycles. The summed E-state index contributed by atoms with van der Waals surface area (Å²) in [7, 11) is -4.86. The van der Waals surface area contributed by atoms with Gasteiger partial charge < -0.3 is 20.1 Å². The van der Waals surface area contributed by atoms with Crippen molar-refractivity contribution in [1.82, 2.24) is 31.1 Å². The Morgan fingerprint density at radius 1 is 0.600 bits per heavy atom. The fraction of sp³-hybridized carbons (Fsp3) is 0.517. The zero-order valence-corrected chi connectivity index (χ0v) is 27.0. The number of hydrogen-bond acceptors (Lipinski definition) is 8. The molecule has 0 unspecified atom stereocenters. The van der Waals surface area contributed by atoms with Crippen LogP contribution in [0.25, 0.3) is 0 Å². The molecule has 248 valence electrons. The molecular weight excluding hydrogens is 624 g/mol. The number of nitrogens with one attached hydrogen (secondary N) is 6. The molecule has 2 aromatic rings. The minimum Gasteiger partial charge on any atom is -0.497 e. The first-order valence-corrected chi connectivity index (χ1v) is 17.9. The molecule has 0 saturated heterocycles. The lowest BCUT2D eigenvalue weighted by atomic mass is 9.76. The van der Waals surface area contributed by atoms with Crippen LogP contribution in [0.5, 0.6) is 11.5 Å². The van der Waals surface area contributed by atoms with Crippen LogP contribution in [0.4, 0.5) is 9.59 Å². The lowest BCUT2D eigenvalue weighted by Crippen LogP contribution is -2.50. The van der Waals surface area contributed by atoms with Crippen molar-refractivity contribution in [3.05, 3.63) is 48.5 Å². The number of hydrogen-bond donors (Lipinski definition) is 6. The lowest BCUT2D eigenvalue weighted by Gasteiger charge is -2.34. The van der Waals surface area contributed by atoms with E-state index in [9.17, 15) is 26.4 Å². The van der Waals surface area contributed by atoms with Gasteiger partial charge in [-0.2, -0.15) is 0 Å². The average Bonchev–Trinajstić information content (AvgIpc) is 3.05. The minimum absolute atomic E-state index is 0.00501. The van der Waals surface area contributed by atoms with Crippen molar-refractivity contribution in [3.8, 4) is 11.5 Å². The SMILES string of the molecule is COc1ccc(S(=O)(=O)NNC(=O)NC2CCC(CC3CCC(NC(=O)NNS(=O)(=O)c4ccc(OC)cc4)CC3)CC2)cc1. The Bertz CT molecular complexity index is 1370. The molecule has 14 nitrogen and oxygen atoms in total. The third-order valence-corrected chi connectivity index (χ3v) is 10.9. The van der Waals surface area contributed by atoms with E-state index in [2.05, 4.69) is 31.1 Å². The lowest BCUT2D eigenvalue weighted by molar-refractivity contribution is 0.197. The molecule has 0 aliphatic heterocycles. The van der Waals surface area contributed by atoms with E-state index in [-0.39, 0.29) is 21.9 Å². The molecule has 4 rings (SSSR count). The number of amides is 4. The quantitative estimate of drug-likeness (QED) is 0.186. The molecule has 0 atom stereocenters. The van der Waals surface area contributed by atoms with E-state index < -0.39 is 32.1 Å². The summed E-state index contributed by atoms with van der Waals surface area (Å²) < 4.78 is 59.7. The molecule has 4 amide bonds. The van der Waals surface area contributed by atoms with Gasteiger partial charge in [0.05, 0.1) is 24.0 Å². The largest absolute Gasteiger partial charge is 0.497 e. The maximum absolute atomic E-state index is 12.4. The van der Waals surface area contributed by atoms with E-state index in [1.165, 1.54) is 62.8 Å². The number of ether oxygens (including phenoxy) is 2. The van der Waals surface area contributed by atoms with Gasteiger partial charge in [-0.1, -0.05) is 0 Å². The van der Waals surface area contributed by atoms with Crippen LogP contribution in [0.1, 0.15) is 57.8 Å². The second-order valence-electron chi connectivity index (χ2n) is 11.4. The van der Waals surface area contributed by atoms with Crippen LogP contribution in [-0.2, 0) is 20.0 Å². The Labute approximate surface area is 264 Å². The maximum atomic E-state index is 12.4. The third kappa shape index (κ3) is 10.2. The van der Waals surface area contributed by atoms with Crippen LogP contribution in [-0.4, -0.2) is 55.2 Å². The molecule has 0 aromatic heterocycles. The number of carbonyl (C=O) groups is 2. The summed E-state index contributed by atoms with van der Waals surface area (Å²) in [4.78, 5) is 28.9. The molecule has 2 aromatic carbocycles. The Morgan fingerprint density at radius 3 is 1.24 bits per heavy atom. The highest BCUT2D eigenvalue weighted by atomic mass is 32.2. The molecule has 2 aliphatic carbocycles. The summed E-state index contributed by atoms with van der Waals surface area (Å²) in [6, 6.07) is 10.4. The minimum atomic E-state index is -3.91. The van der Waals surface area contributed by atoms with Crippen molar-refractivity contribution < 1.29 is 35.9 Å². The average molecular weight is 667 g/mol. The van der Waals surface area contributed by atoms with Crippen LogP contribution >= 0.6 is 0 Å². The Kier molecular flexibility index (Phi) is 11.9. The highest BCUT2D eigenvalue weighted by Crippen LogP contribution is 2.35. The third-order valence-electron chi connectivity index (χ3n) is 8.37. The molecule has 2 aliphatic rings. The second kappa shape index (κ2) is 15.6. The molecule has 6 N–H and O–H groups in total. The Morgan fingerprint density at radius 2 is 0.933 bits per heavy atom. The first-order valence-electron chi connectivity index (χ1n) is 14.9. The number of rotatable bonds is 12. The van der Waals surface area contributed by atoms with Crippen molar-refractivity contribution in [1.29, 1.82) is 0 Å². The van der Waals surface area contributed by atoms with Crippen molar-refractivity contribution in [2.75, 3.05) is 14.2 Å². The van der Waals surface area contributed by atoms with E-state index in [0.29, 0.717) is 23.3 Å². The van der Waals surface area contributed by atoms with E-state index in [0.717, 1.165) is 57.8 Å². The monoisotopic (exact) mass is 666 g/mol. The molecule has 0 spiro atoms. The molecule has 16 heteroatoms. The summed E-state index contributed by atoms with van der Waals surface area (Å²) in [6.45, 7) is 0. The molecule has 0 radical (unpaired) electrons. The van der Waals surface area contributed by atoms with Gasteiger partial charge in [0.25, 0.3) is 20.0 Å².